The first-order chi connectivity index (χ1) is 17.5. The molecule has 0 aromatic heterocycles. The third-order valence-corrected chi connectivity index (χ3v) is 6.87. The number of amides is 1. The van der Waals surface area contributed by atoms with E-state index in [9.17, 15) is 22.9 Å². The van der Waals surface area contributed by atoms with Crippen LogP contribution in [-0.2, 0) is 10.1 Å². The van der Waals surface area contributed by atoms with Gasteiger partial charge in [-0.2, -0.15) is 13.5 Å². The Morgan fingerprint density at radius 2 is 1.74 bits per heavy atom. The number of nitrogens with zero attached hydrogens (tertiary/aromatic N) is 2. The molecule has 13 heteroatoms. The molecule has 0 unspecified atom stereocenters. The maximum Gasteiger partial charge on any atom is 1.00 e. The Bertz CT molecular complexity index is 1700. The van der Waals surface area contributed by atoms with Crippen molar-refractivity contribution in [2.45, 2.75) is 11.8 Å². The number of aryl methyl sites for hydroxylation is 1. The fourth-order valence-electron chi connectivity index (χ4n) is 3.77. The predicted octanol–water partition coefficient (Wildman–Crippen LogP) is 3.46. The zero-order valence-electron chi connectivity index (χ0n) is 20.3. The van der Waals surface area contributed by atoms with E-state index in [0.717, 1.165) is 0 Å². The third-order valence-electron chi connectivity index (χ3n) is 5.37. The smallest absolute Gasteiger partial charge is 0.870 e. The first kappa shape index (κ1) is 29.9. The van der Waals surface area contributed by atoms with Crippen molar-refractivity contribution < 1.29 is 57.2 Å². The van der Waals surface area contributed by atoms with Crippen molar-refractivity contribution in [3.63, 3.8) is 0 Å². The van der Waals surface area contributed by atoms with E-state index in [0.29, 0.717) is 21.5 Å². The van der Waals surface area contributed by atoms with Gasteiger partial charge in [-0.3, -0.25) is 9.35 Å². The molecule has 9 nitrogen and oxygen atoms in total. The number of hydrogen-bond acceptors (Lipinski definition) is 7. The van der Waals surface area contributed by atoms with Crippen LogP contribution in [0.1, 0.15) is 15.9 Å². The number of benzene rings is 4. The van der Waals surface area contributed by atoms with E-state index in [-0.39, 0.29) is 62.8 Å². The summed E-state index contributed by atoms with van der Waals surface area (Å²) in [6.07, 6.45) is 0. The summed E-state index contributed by atoms with van der Waals surface area (Å²) in [7, 11) is -3.26. The van der Waals surface area contributed by atoms with Crippen molar-refractivity contribution in [1.82, 2.24) is 0 Å². The number of anilines is 1. The first-order valence-electron chi connectivity index (χ1n) is 10.6. The average molecular weight is 582 g/mol. The fourth-order valence-corrected chi connectivity index (χ4v) is 5.04. The molecule has 4 rings (SSSR count). The molecule has 38 heavy (non-hydrogen) atoms. The number of rotatable bonds is 6. The van der Waals surface area contributed by atoms with E-state index >= 15 is 0 Å². The molecule has 0 aliphatic heterocycles. The molecule has 0 bridgehead atoms. The molecular formula is C25H18Cl2N3NaO6S. The monoisotopic (exact) mass is 581 g/mol. The minimum atomic E-state index is -4.68. The van der Waals surface area contributed by atoms with Crippen LogP contribution >= 0.6 is 23.2 Å². The Labute approximate surface area is 250 Å². The summed E-state index contributed by atoms with van der Waals surface area (Å²) in [5.41, 5.74) is -0.329. The zero-order valence-corrected chi connectivity index (χ0v) is 24.6. The largest absolute Gasteiger partial charge is 1.00 e. The first-order valence-corrected chi connectivity index (χ1v) is 12.8. The number of hydrogen-bond donors (Lipinski definition) is 2. The summed E-state index contributed by atoms with van der Waals surface area (Å²) in [4.78, 5) is 12.6. The van der Waals surface area contributed by atoms with Crippen molar-refractivity contribution in [3.8, 4) is 11.5 Å². The molecule has 0 atom stereocenters. The van der Waals surface area contributed by atoms with Gasteiger partial charge in [0.15, 0.2) is 0 Å². The average Bonchev–Trinajstić information content (AvgIpc) is 2.82. The van der Waals surface area contributed by atoms with E-state index in [1.54, 1.807) is 36.4 Å². The topological polar surface area (TPSA) is 140 Å². The second-order valence-electron chi connectivity index (χ2n) is 7.87. The van der Waals surface area contributed by atoms with Gasteiger partial charge in [-0.15, -0.1) is 5.11 Å². The van der Waals surface area contributed by atoms with Crippen LogP contribution in [0.4, 0.5) is 17.1 Å². The molecule has 1 amide bonds. The number of carbonyl (C=O) groups is 1. The van der Waals surface area contributed by atoms with Gasteiger partial charge in [0.25, 0.3) is 16.0 Å². The van der Waals surface area contributed by atoms with Gasteiger partial charge in [0.05, 0.1) is 18.5 Å². The summed E-state index contributed by atoms with van der Waals surface area (Å²) in [5.74, 6) is -1.17. The minimum absolute atomic E-state index is 0. The molecule has 0 spiro atoms. The summed E-state index contributed by atoms with van der Waals surface area (Å²) in [6, 6.07) is 15.2. The van der Waals surface area contributed by atoms with Crippen LogP contribution in [0.5, 0.6) is 11.5 Å². The van der Waals surface area contributed by atoms with Gasteiger partial charge in [0.2, 0.25) is 0 Å². The van der Waals surface area contributed by atoms with Gasteiger partial charge in [0.1, 0.15) is 16.3 Å². The molecule has 0 heterocycles. The molecule has 4 aromatic rings. The molecule has 4 aromatic carbocycles. The van der Waals surface area contributed by atoms with E-state index in [2.05, 4.69) is 15.5 Å². The summed E-state index contributed by atoms with van der Waals surface area (Å²) >= 11 is 12.1. The Kier molecular flexibility index (Phi) is 9.43. The molecule has 2 N–H and O–H groups in total. The summed E-state index contributed by atoms with van der Waals surface area (Å²) in [6.45, 7) is 1.43. The van der Waals surface area contributed by atoms with Crippen LogP contribution < -0.4 is 44.7 Å². The molecule has 0 saturated heterocycles. The normalized spacial score (nSPS) is 11.4. The molecule has 0 aliphatic carbocycles. The van der Waals surface area contributed by atoms with Gasteiger partial charge in [-0.25, -0.2) is 0 Å². The molecule has 0 aliphatic rings. The quantitative estimate of drug-likeness (QED) is 0.203. The molecule has 0 radical (unpaired) electrons. The van der Waals surface area contributed by atoms with Gasteiger partial charge in [0, 0.05) is 21.0 Å². The van der Waals surface area contributed by atoms with Crippen molar-refractivity contribution in [3.05, 3.63) is 81.8 Å². The molecule has 0 saturated carbocycles. The maximum absolute atomic E-state index is 13.4. The van der Waals surface area contributed by atoms with Crippen LogP contribution in [0.15, 0.2) is 75.8 Å². The number of nitrogens with one attached hydrogen (secondary N) is 1. The maximum atomic E-state index is 13.4. The second kappa shape index (κ2) is 12.0. The Hall–Kier alpha value is -2.70. The number of methoxy groups -OCH3 is 1. The third kappa shape index (κ3) is 6.29. The van der Waals surface area contributed by atoms with E-state index in [1.807, 2.05) is 0 Å². The summed E-state index contributed by atoms with van der Waals surface area (Å²) < 4.78 is 38.8. The van der Waals surface area contributed by atoms with E-state index < -0.39 is 26.7 Å². The van der Waals surface area contributed by atoms with Crippen LogP contribution in [-0.4, -0.2) is 26.0 Å². The van der Waals surface area contributed by atoms with Gasteiger partial charge >= 0.3 is 29.6 Å². The van der Waals surface area contributed by atoms with Crippen molar-refractivity contribution in [2.24, 2.45) is 10.2 Å². The number of ether oxygens (including phenoxy) is 1. The summed E-state index contributed by atoms with van der Waals surface area (Å²) in [5, 5.41) is 25.3. The Morgan fingerprint density at radius 1 is 1.03 bits per heavy atom. The van der Waals surface area contributed by atoms with Crippen molar-refractivity contribution in [1.29, 1.82) is 0 Å². The van der Waals surface area contributed by atoms with Crippen LogP contribution in [0.2, 0.25) is 10.0 Å². The van der Waals surface area contributed by atoms with Gasteiger partial charge in [-0.05, 0) is 54.3 Å². The Balaban J connectivity index is 0.00000400. The SMILES string of the molecule is COc1ccc(Cl)cc1NC(=O)c1cc2ccccc2c(N=Nc2cc(Cl)cc(C)c2S(=O)(=O)O)c1[O-].[Na+]. The molecule has 0 fully saturated rings. The van der Waals surface area contributed by atoms with Crippen LogP contribution in [0, 0.1) is 6.92 Å². The predicted molar refractivity (Wildman–Crippen MR) is 140 cm³/mol. The number of carbonyl (C=O) groups excluding carboxylic acids is 1. The minimum Gasteiger partial charge on any atom is -0.870 e. The standard InChI is InChI=1S/C25H19Cl2N3O6S.Na/c1-13-9-16(27)12-20(24(13)37(33,34)35)29-30-22-17-6-4-3-5-14(17)10-18(23(22)31)25(32)28-19-11-15(26)7-8-21(19)36-2;/h3-12,31H,1-2H3,(H,28,32)(H,33,34,35);/q;+1/p-1. The Morgan fingerprint density at radius 3 is 2.42 bits per heavy atom. The van der Waals surface area contributed by atoms with E-state index in [1.165, 1.54) is 38.3 Å². The number of halogens is 2. The van der Waals surface area contributed by atoms with Crippen molar-refractivity contribution in [2.75, 3.05) is 12.4 Å². The van der Waals surface area contributed by atoms with Crippen LogP contribution in [0.25, 0.3) is 10.8 Å². The van der Waals surface area contributed by atoms with Gasteiger partial charge in [-0.1, -0.05) is 53.2 Å². The van der Waals surface area contributed by atoms with Crippen LogP contribution in [0.3, 0.4) is 0 Å². The number of fused-ring (bicyclic) bond motifs is 1. The van der Waals surface area contributed by atoms with Crippen molar-refractivity contribution >= 4 is 67.1 Å². The second-order valence-corrected chi connectivity index (χ2v) is 10.1. The zero-order chi connectivity index (χ0) is 26.9. The molecular weight excluding hydrogens is 564 g/mol. The fraction of sp³-hybridized carbons (Fsp3) is 0.0800. The molecule has 190 valence electrons. The van der Waals surface area contributed by atoms with E-state index in [4.69, 9.17) is 27.9 Å². The number of azo groups is 1. The van der Waals surface area contributed by atoms with Gasteiger partial charge < -0.3 is 15.2 Å².